The number of furan rings is 1. The minimum Gasteiger partial charge on any atom is -0.465 e. The Kier molecular flexibility index (Phi) is 4.24. The molecule has 1 unspecified atom stereocenters. The van der Waals surface area contributed by atoms with Crippen LogP contribution in [0.5, 0.6) is 0 Å². The Morgan fingerprint density at radius 1 is 1.30 bits per heavy atom. The van der Waals surface area contributed by atoms with Crippen molar-refractivity contribution in [1.82, 2.24) is 10.0 Å². The maximum atomic E-state index is 12.7. The Hall–Kier alpha value is -0.890. The molecule has 1 aliphatic rings. The van der Waals surface area contributed by atoms with Crippen LogP contribution in [-0.4, -0.2) is 34.2 Å². The predicted octanol–water partition coefficient (Wildman–Crippen LogP) is 1.07. The Morgan fingerprint density at radius 2 is 2.00 bits per heavy atom. The van der Waals surface area contributed by atoms with Crippen molar-refractivity contribution in [1.29, 1.82) is 0 Å². The standard InChI is InChI=1S/C13H22N2O4S/c1-9-11(7-14-4)12(10(2)19-9)20(16,17)15-13(3)5-6-18-8-13/h14-15H,5-8H2,1-4H3. The largest absolute Gasteiger partial charge is 0.465 e. The second-order valence-corrected chi connectivity index (χ2v) is 7.14. The van der Waals surface area contributed by atoms with Crippen molar-refractivity contribution < 1.29 is 17.6 Å². The first-order valence-electron chi connectivity index (χ1n) is 6.64. The third-order valence-corrected chi connectivity index (χ3v) is 5.38. The van der Waals surface area contributed by atoms with Crippen LogP contribution in [0, 0.1) is 13.8 Å². The summed E-state index contributed by atoms with van der Waals surface area (Å²) in [5.41, 5.74) is 0.132. The van der Waals surface area contributed by atoms with E-state index in [-0.39, 0.29) is 4.90 Å². The summed E-state index contributed by atoms with van der Waals surface area (Å²) < 4.78 is 38.9. The van der Waals surface area contributed by atoms with Gasteiger partial charge in [-0.25, -0.2) is 13.1 Å². The fourth-order valence-corrected chi connectivity index (χ4v) is 4.44. The van der Waals surface area contributed by atoms with E-state index >= 15 is 0 Å². The van der Waals surface area contributed by atoms with Crippen LogP contribution in [0.2, 0.25) is 0 Å². The van der Waals surface area contributed by atoms with Crippen LogP contribution in [0.4, 0.5) is 0 Å². The second-order valence-electron chi connectivity index (χ2n) is 5.52. The smallest absolute Gasteiger partial charge is 0.244 e. The highest BCUT2D eigenvalue weighted by atomic mass is 32.2. The molecule has 2 N–H and O–H groups in total. The fraction of sp³-hybridized carbons (Fsp3) is 0.692. The van der Waals surface area contributed by atoms with E-state index < -0.39 is 15.6 Å². The van der Waals surface area contributed by atoms with Crippen LogP contribution >= 0.6 is 0 Å². The molecular formula is C13H22N2O4S. The van der Waals surface area contributed by atoms with E-state index in [1.807, 2.05) is 6.92 Å². The third-order valence-electron chi connectivity index (χ3n) is 3.55. The number of rotatable bonds is 5. The van der Waals surface area contributed by atoms with E-state index in [0.29, 0.717) is 43.3 Å². The molecule has 1 aromatic heterocycles. The molecule has 0 aromatic carbocycles. The minimum absolute atomic E-state index is 0.248. The molecule has 114 valence electrons. The summed E-state index contributed by atoms with van der Waals surface area (Å²) in [6.45, 7) is 6.73. The third kappa shape index (κ3) is 2.90. The molecule has 0 spiro atoms. The molecule has 7 heteroatoms. The van der Waals surface area contributed by atoms with Crippen molar-refractivity contribution in [2.24, 2.45) is 0 Å². The summed E-state index contributed by atoms with van der Waals surface area (Å²) in [4.78, 5) is 0.248. The molecular weight excluding hydrogens is 280 g/mol. The lowest BCUT2D eigenvalue weighted by atomic mass is 10.0. The normalized spacial score (nSPS) is 23.4. The topological polar surface area (TPSA) is 80.6 Å². The first kappa shape index (κ1) is 15.5. The molecule has 0 bridgehead atoms. The number of aryl methyl sites for hydroxylation is 2. The summed E-state index contributed by atoms with van der Waals surface area (Å²) >= 11 is 0. The molecule has 0 radical (unpaired) electrons. The Labute approximate surface area is 119 Å². The van der Waals surface area contributed by atoms with Crippen LogP contribution in [0.1, 0.15) is 30.4 Å². The molecule has 1 atom stereocenters. The first-order chi connectivity index (χ1) is 9.29. The molecule has 0 aliphatic carbocycles. The summed E-state index contributed by atoms with van der Waals surface area (Å²) in [5, 5.41) is 2.98. The van der Waals surface area contributed by atoms with E-state index in [0.717, 1.165) is 0 Å². The summed E-state index contributed by atoms with van der Waals surface area (Å²) in [6.07, 6.45) is 0.670. The van der Waals surface area contributed by atoms with Gasteiger partial charge >= 0.3 is 0 Å². The van der Waals surface area contributed by atoms with Gasteiger partial charge in [0.05, 0.1) is 12.1 Å². The molecule has 0 amide bonds. The maximum absolute atomic E-state index is 12.7. The number of hydrogen-bond acceptors (Lipinski definition) is 5. The van der Waals surface area contributed by atoms with Crippen LogP contribution in [0.25, 0.3) is 0 Å². The van der Waals surface area contributed by atoms with E-state index in [4.69, 9.17) is 9.15 Å². The van der Waals surface area contributed by atoms with Gasteiger partial charge in [0.25, 0.3) is 0 Å². The quantitative estimate of drug-likeness (QED) is 0.850. The molecule has 1 fully saturated rings. The zero-order valence-electron chi connectivity index (χ0n) is 12.4. The molecule has 1 saturated heterocycles. The van der Waals surface area contributed by atoms with Crippen LogP contribution in [0.3, 0.4) is 0 Å². The molecule has 1 aliphatic heterocycles. The van der Waals surface area contributed by atoms with Gasteiger partial charge in [-0.05, 0) is 34.2 Å². The van der Waals surface area contributed by atoms with Gasteiger partial charge in [0, 0.05) is 18.7 Å². The SMILES string of the molecule is CNCc1c(C)oc(C)c1S(=O)(=O)NC1(C)CCOC1. The number of sulfonamides is 1. The van der Waals surface area contributed by atoms with Crippen molar-refractivity contribution >= 4 is 10.0 Å². The lowest BCUT2D eigenvalue weighted by molar-refractivity contribution is 0.178. The van der Waals surface area contributed by atoms with Crippen molar-refractivity contribution in [3.8, 4) is 0 Å². The van der Waals surface area contributed by atoms with E-state index in [1.165, 1.54) is 0 Å². The number of nitrogens with one attached hydrogen (secondary N) is 2. The monoisotopic (exact) mass is 302 g/mol. The molecule has 1 aromatic rings. The van der Waals surface area contributed by atoms with E-state index in [1.54, 1.807) is 20.9 Å². The average Bonchev–Trinajstić information content (AvgIpc) is 2.84. The van der Waals surface area contributed by atoms with E-state index in [2.05, 4.69) is 10.0 Å². The number of hydrogen-bond donors (Lipinski definition) is 2. The summed E-state index contributed by atoms with van der Waals surface area (Å²) in [7, 11) is -1.85. The van der Waals surface area contributed by atoms with Gasteiger partial charge in [0.1, 0.15) is 16.4 Å². The Balaban J connectivity index is 2.38. The Bertz CT molecular complexity index is 586. The highest BCUT2D eigenvalue weighted by Crippen LogP contribution is 2.29. The highest BCUT2D eigenvalue weighted by molar-refractivity contribution is 7.89. The molecule has 2 heterocycles. The zero-order chi connectivity index (χ0) is 15.0. The summed E-state index contributed by atoms with van der Waals surface area (Å²) in [6, 6.07) is 0. The van der Waals surface area contributed by atoms with Gasteiger partial charge in [-0.3, -0.25) is 0 Å². The van der Waals surface area contributed by atoms with Gasteiger partial charge in [-0.2, -0.15) is 0 Å². The zero-order valence-corrected chi connectivity index (χ0v) is 13.2. The van der Waals surface area contributed by atoms with Crippen molar-refractivity contribution in [2.45, 2.75) is 44.2 Å². The van der Waals surface area contributed by atoms with E-state index in [9.17, 15) is 8.42 Å². The summed E-state index contributed by atoms with van der Waals surface area (Å²) in [5.74, 6) is 1.05. The molecule has 20 heavy (non-hydrogen) atoms. The average molecular weight is 302 g/mol. The van der Waals surface area contributed by atoms with Gasteiger partial charge in [-0.1, -0.05) is 0 Å². The van der Waals surface area contributed by atoms with Crippen LogP contribution in [0.15, 0.2) is 9.31 Å². The molecule has 2 rings (SSSR count). The van der Waals surface area contributed by atoms with Crippen LogP contribution in [-0.2, 0) is 21.3 Å². The maximum Gasteiger partial charge on any atom is 0.244 e. The predicted molar refractivity (Wildman–Crippen MR) is 75.1 cm³/mol. The van der Waals surface area contributed by atoms with Gasteiger partial charge < -0.3 is 14.5 Å². The second kappa shape index (κ2) is 5.48. The Morgan fingerprint density at radius 3 is 2.55 bits per heavy atom. The van der Waals surface area contributed by atoms with Gasteiger partial charge in [0.2, 0.25) is 10.0 Å². The van der Waals surface area contributed by atoms with Crippen molar-refractivity contribution in [3.05, 3.63) is 17.1 Å². The van der Waals surface area contributed by atoms with Crippen LogP contribution < -0.4 is 10.0 Å². The lowest BCUT2D eigenvalue weighted by Gasteiger charge is -2.23. The van der Waals surface area contributed by atoms with Gasteiger partial charge in [-0.15, -0.1) is 0 Å². The number of ether oxygens (including phenoxy) is 1. The minimum atomic E-state index is -3.63. The van der Waals surface area contributed by atoms with Gasteiger partial charge in [0.15, 0.2) is 0 Å². The fourth-order valence-electron chi connectivity index (χ4n) is 2.57. The molecule has 0 saturated carbocycles. The first-order valence-corrected chi connectivity index (χ1v) is 8.12. The highest BCUT2D eigenvalue weighted by Gasteiger charge is 2.37. The molecule has 6 nitrogen and oxygen atoms in total. The van der Waals surface area contributed by atoms with Crippen molar-refractivity contribution in [3.63, 3.8) is 0 Å². The lowest BCUT2D eigenvalue weighted by Crippen LogP contribution is -2.46. The van der Waals surface area contributed by atoms with Crippen molar-refractivity contribution in [2.75, 3.05) is 20.3 Å².